The normalized spacial score (nSPS) is 22.9. The van der Waals surface area contributed by atoms with Crippen LogP contribution in [0.1, 0.15) is 40.5 Å². The van der Waals surface area contributed by atoms with Crippen molar-refractivity contribution in [3.8, 4) is 0 Å². The van der Waals surface area contributed by atoms with Gasteiger partial charge in [-0.25, -0.2) is 9.97 Å². The summed E-state index contributed by atoms with van der Waals surface area (Å²) < 4.78 is 12.0. The first-order valence-electron chi connectivity index (χ1n) is 9.65. The molecule has 0 bridgehead atoms. The van der Waals surface area contributed by atoms with Gasteiger partial charge in [0.1, 0.15) is 0 Å². The summed E-state index contributed by atoms with van der Waals surface area (Å²) in [6.07, 6.45) is 3.50. The standard InChI is InChI=1S/C18H29BN4O5/c1-17(2)18(3,4)28-19(27-17)12-9-20-16(21-10-12)22-13-5-7-23(8-6-13)15(26)14(25)11-24/h9-10,13-14,24-25H,5-8,11H2,1-4H3,(H,20,21,22). The summed E-state index contributed by atoms with van der Waals surface area (Å²) in [5, 5.41) is 21.6. The molecule has 0 saturated carbocycles. The van der Waals surface area contributed by atoms with Gasteiger partial charge in [-0.15, -0.1) is 0 Å². The number of piperidine rings is 1. The van der Waals surface area contributed by atoms with E-state index in [-0.39, 0.29) is 6.04 Å². The first-order chi connectivity index (χ1) is 13.1. The summed E-state index contributed by atoms with van der Waals surface area (Å²) in [6.45, 7) is 8.47. The Morgan fingerprint density at radius 1 is 1.25 bits per heavy atom. The van der Waals surface area contributed by atoms with Crippen LogP contribution in [0.2, 0.25) is 0 Å². The second-order valence-electron chi connectivity index (χ2n) is 8.37. The van der Waals surface area contributed by atoms with Crippen molar-refractivity contribution in [3.63, 3.8) is 0 Å². The quantitative estimate of drug-likeness (QED) is 0.576. The van der Waals surface area contributed by atoms with Crippen LogP contribution in [0.5, 0.6) is 0 Å². The number of carbonyl (C=O) groups excluding carboxylic acids is 1. The molecule has 2 saturated heterocycles. The summed E-state index contributed by atoms with van der Waals surface area (Å²) in [7, 11) is -0.494. The van der Waals surface area contributed by atoms with Crippen LogP contribution >= 0.6 is 0 Å². The van der Waals surface area contributed by atoms with E-state index in [9.17, 15) is 9.90 Å². The average Bonchev–Trinajstić information content (AvgIpc) is 2.89. The lowest BCUT2D eigenvalue weighted by atomic mass is 9.81. The first-order valence-corrected chi connectivity index (χ1v) is 9.65. The van der Waals surface area contributed by atoms with Gasteiger partial charge in [-0.3, -0.25) is 4.79 Å². The smallest absolute Gasteiger partial charge is 0.399 e. The Bertz CT molecular complexity index is 676. The fourth-order valence-electron chi connectivity index (χ4n) is 3.23. The lowest BCUT2D eigenvalue weighted by Crippen LogP contribution is -2.47. The number of aliphatic hydroxyl groups excluding tert-OH is 2. The summed E-state index contributed by atoms with van der Waals surface area (Å²) in [4.78, 5) is 22.2. The number of nitrogens with zero attached hydrogens (tertiary/aromatic N) is 3. The van der Waals surface area contributed by atoms with Gasteiger partial charge in [-0.1, -0.05) is 0 Å². The molecule has 3 N–H and O–H groups in total. The minimum absolute atomic E-state index is 0.137. The van der Waals surface area contributed by atoms with Crippen LogP contribution in [-0.4, -0.2) is 81.2 Å². The van der Waals surface area contributed by atoms with Crippen molar-refractivity contribution < 1.29 is 24.3 Å². The number of aliphatic hydroxyl groups is 2. The fraction of sp³-hybridized carbons (Fsp3) is 0.722. The minimum atomic E-state index is -1.34. The first kappa shape index (κ1) is 21.0. The number of aromatic nitrogens is 2. The van der Waals surface area contributed by atoms with Crippen LogP contribution in [0.25, 0.3) is 0 Å². The number of nitrogens with one attached hydrogen (secondary N) is 1. The lowest BCUT2D eigenvalue weighted by molar-refractivity contribution is -0.143. The van der Waals surface area contributed by atoms with Crippen molar-refractivity contribution >= 4 is 24.4 Å². The van der Waals surface area contributed by atoms with Crippen LogP contribution < -0.4 is 10.8 Å². The van der Waals surface area contributed by atoms with Gasteiger partial charge in [0, 0.05) is 37.0 Å². The predicted molar refractivity (Wildman–Crippen MR) is 104 cm³/mol. The van der Waals surface area contributed by atoms with Gasteiger partial charge in [0.05, 0.1) is 17.8 Å². The van der Waals surface area contributed by atoms with Crippen LogP contribution in [0.3, 0.4) is 0 Å². The van der Waals surface area contributed by atoms with Gasteiger partial charge in [-0.05, 0) is 40.5 Å². The zero-order valence-electron chi connectivity index (χ0n) is 16.9. The maximum absolute atomic E-state index is 11.9. The van der Waals surface area contributed by atoms with E-state index in [1.165, 1.54) is 0 Å². The zero-order valence-corrected chi connectivity index (χ0v) is 16.9. The number of likely N-dealkylation sites (tertiary alicyclic amines) is 1. The molecule has 2 aliphatic heterocycles. The molecule has 10 heteroatoms. The molecule has 9 nitrogen and oxygen atoms in total. The van der Waals surface area contributed by atoms with E-state index in [0.717, 1.165) is 5.46 Å². The third-order valence-electron chi connectivity index (χ3n) is 5.80. The highest BCUT2D eigenvalue weighted by Gasteiger charge is 2.52. The molecule has 1 aromatic rings. The summed E-state index contributed by atoms with van der Waals surface area (Å²) in [6, 6.07) is 0.137. The summed E-state index contributed by atoms with van der Waals surface area (Å²) in [5.74, 6) is 0.0874. The molecule has 0 radical (unpaired) electrons. The van der Waals surface area contributed by atoms with Gasteiger partial charge >= 0.3 is 7.12 Å². The summed E-state index contributed by atoms with van der Waals surface area (Å²) >= 11 is 0. The monoisotopic (exact) mass is 392 g/mol. The Kier molecular flexibility index (Phi) is 5.95. The molecule has 3 heterocycles. The van der Waals surface area contributed by atoms with Gasteiger partial charge < -0.3 is 29.7 Å². The second-order valence-corrected chi connectivity index (χ2v) is 8.37. The highest BCUT2D eigenvalue weighted by atomic mass is 16.7. The van der Waals surface area contributed by atoms with Gasteiger partial charge in [0.15, 0.2) is 6.10 Å². The van der Waals surface area contributed by atoms with E-state index in [1.54, 1.807) is 17.3 Å². The van der Waals surface area contributed by atoms with Crippen molar-refractivity contribution in [2.24, 2.45) is 0 Å². The molecule has 2 aliphatic rings. The molecule has 1 amide bonds. The Hall–Kier alpha value is -1.75. The van der Waals surface area contributed by atoms with Crippen LogP contribution in [-0.2, 0) is 14.1 Å². The largest absolute Gasteiger partial charge is 0.498 e. The van der Waals surface area contributed by atoms with Crippen molar-refractivity contribution in [3.05, 3.63) is 12.4 Å². The summed E-state index contributed by atoms with van der Waals surface area (Å²) in [5.41, 5.74) is -0.0599. The number of carbonyl (C=O) groups is 1. The molecular formula is C18H29BN4O5. The van der Waals surface area contributed by atoms with Crippen LogP contribution in [0.15, 0.2) is 12.4 Å². The molecule has 2 fully saturated rings. The van der Waals surface area contributed by atoms with E-state index < -0.39 is 36.9 Å². The van der Waals surface area contributed by atoms with E-state index in [1.807, 2.05) is 27.7 Å². The van der Waals surface area contributed by atoms with Gasteiger partial charge in [0.25, 0.3) is 5.91 Å². The predicted octanol–water partition coefficient (Wildman–Crippen LogP) is -0.468. The highest BCUT2D eigenvalue weighted by molar-refractivity contribution is 6.61. The molecule has 0 aromatic carbocycles. The van der Waals surface area contributed by atoms with Crippen LogP contribution in [0, 0.1) is 0 Å². The average molecular weight is 392 g/mol. The fourth-order valence-corrected chi connectivity index (χ4v) is 3.23. The highest BCUT2D eigenvalue weighted by Crippen LogP contribution is 2.36. The van der Waals surface area contributed by atoms with Gasteiger partial charge in [0.2, 0.25) is 5.95 Å². The molecule has 1 atom stereocenters. The van der Waals surface area contributed by atoms with Crippen molar-refractivity contribution in [1.82, 2.24) is 14.9 Å². The molecule has 3 rings (SSSR count). The molecule has 1 unspecified atom stereocenters. The second kappa shape index (κ2) is 7.94. The number of amides is 1. The number of hydrogen-bond donors (Lipinski definition) is 3. The number of anilines is 1. The lowest BCUT2D eigenvalue weighted by Gasteiger charge is -2.33. The van der Waals surface area contributed by atoms with E-state index >= 15 is 0 Å². The maximum atomic E-state index is 11.9. The molecule has 28 heavy (non-hydrogen) atoms. The Morgan fingerprint density at radius 2 is 1.79 bits per heavy atom. The molecule has 0 spiro atoms. The third-order valence-corrected chi connectivity index (χ3v) is 5.80. The minimum Gasteiger partial charge on any atom is -0.399 e. The number of rotatable bonds is 5. The van der Waals surface area contributed by atoms with Crippen molar-refractivity contribution in [2.45, 2.75) is 63.9 Å². The Balaban J connectivity index is 1.53. The topological polar surface area (TPSA) is 117 Å². The van der Waals surface area contributed by atoms with E-state index in [4.69, 9.17) is 14.4 Å². The molecule has 154 valence electrons. The molecule has 1 aromatic heterocycles. The molecule has 0 aliphatic carbocycles. The SMILES string of the molecule is CC1(C)OB(c2cnc(NC3CCN(C(=O)C(O)CO)CC3)nc2)OC1(C)C. The van der Waals surface area contributed by atoms with E-state index in [0.29, 0.717) is 31.9 Å². The van der Waals surface area contributed by atoms with Crippen LogP contribution in [0.4, 0.5) is 5.95 Å². The third kappa shape index (κ3) is 4.30. The number of hydrogen-bond acceptors (Lipinski definition) is 8. The van der Waals surface area contributed by atoms with Crippen molar-refractivity contribution in [2.75, 3.05) is 25.0 Å². The van der Waals surface area contributed by atoms with Gasteiger partial charge in [-0.2, -0.15) is 0 Å². The zero-order chi connectivity index (χ0) is 20.5. The Labute approximate surface area is 165 Å². The van der Waals surface area contributed by atoms with E-state index in [2.05, 4.69) is 15.3 Å². The van der Waals surface area contributed by atoms with Crippen molar-refractivity contribution in [1.29, 1.82) is 0 Å². The molecular weight excluding hydrogens is 363 g/mol. The Morgan fingerprint density at radius 3 is 2.29 bits per heavy atom. The maximum Gasteiger partial charge on any atom is 0.498 e.